The Kier molecular flexibility index (Phi) is 7.04. The summed E-state index contributed by atoms with van der Waals surface area (Å²) in [6, 6.07) is 16.6. The summed E-state index contributed by atoms with van der Waals surface area (Å²) < 4.78 is 1.63. The summed E-state index contributed by atoms with van der Waals surface area (Å²) in [5.74, 6) is 0.387. The molecule has 1 aliphatic rings. The molecule has 1 N–H and O–H groups in total. The first kappa shape index (κ1) is 23.8. The van der Waals surface area contributed by atoms with Crippen LogP contribution in [0.5, 0.6) is 0 Å². The molecule has 1 atom stereocenters. The third-order valence-electron chi connectivity index (χ3n) is 5.90. The second-order valence-corrected chi connectivity index (χ2v) is 11.0. The van der Waals surface area contributed by atoms with E-state index in [0.29, 0.717) is 16.1 Å². The summed E-state index contributed by atoms with van der Waals surface area (Å²) in [5.41, 5.74) is 5.12. The maximum atomic E-state index is 13.7. The van der Waals surface area contributed by atoms with Gasteiger partial charge in [-0.1, -0.05) is 60.6 Å². The van der Waals surface area contributed by atoms with Gasteiger partial charge in [0, 0.05) is 9.90 Å². The zero-order valence-electron chi connectivity index (χ0n) is 19.0. The van der Waals surface area contributed by atoms with Crippen molar-refractivity contribution in [2.24, 2.45) is 11.0 Å². The molecule has 2 aromatic heterocycles. The molecule has 6 nitrogen and oxygen atoms in total. The van der Waals surface area contributed by atoms with Gasteiger partial charge in [0.2, 0.25) is 0 Å². The van der Waals surface area contributed by atoms with Gasteiger partial charge in [0.25, 0.3) is 11.5 Å². The van der Waals surface area contributed by atoms with Gasteiger partial charge in [-0.25, -0.2) is 10.4 Å². The largest absolute Gasteiger partial charge is 0.272 e. The Balaban J connectivity index is 1.43. The molecule has 1 aliphatic carbocycles. The minimum atomic E-state index is -0.290. The number of aryl methyl sites for hydroxylation is 1. The fourth-order valence-electron chi connectivity index (χ4n) is 4.20. The fraction of sp³-hybridized carbons (Fsp3) is 0.231. The summed E-state index contributed by atoms with van der Waals surface area (Å²) in [6.07, 6.45) is 4.50. The predicted octanol–water partition coefficient (Wildman–Crippen LogP) is 5.47. The number of thiophene rings is 1. The van der Waals surface area contributed by atoms with Crippen LogP contribution in [-0.2, 0) is 17.6 Å². The molecule has 5 rings (SSSR count). The fourth-order valence-corrected chi connectivity index (χ4v) is 6.63. The Morgan fingerprint density at radius 1 is 1.29 bits per heavy atom. The van der Waals surface area contributed by atoms with Crippen molar-refractivity contribution in [1.82, 2.24) is 15.0 Å². The Bertz CT molecular complexity index is 1480. The van der Waals surface area contributed by atoms with Crippen LogP contribution in [0.2, 0.25) is 5.02 Å². The highest BCUT2D eigenvalue weighted by Gasteiger charge is 2.25. The highest BCUT2D eigenvalue weighted by atomic mass is 35.5. The molecule has 0 saturated heterocycles. The molecule has 2 heterocycles. The lowest BCUT2D eigenvalue weighted by Crippen LogP contribution is -2.24. The van der Waals surface area contributed by atoms with Crippen molar-refractivity contribution < 1.29 is 4.79 Å². The topological polar surface area (TPSA) is 76.3 Å². The van der Waals surface area contributed by atoms with Crippen LogP contribution in [0.3, 0.4) is 0 Å². The standard InChI is InChI=1S/C26H23ClN4O2S2/c1-16-10-11-20-21(12-16)35-24-23(20)25(33)31(19-8-3-2-4-9-19)26(29-24)34-15-22(32)30-28-14-17-6-5-7-18(27)13-17/h2-9,13-14,16H,10-12,15H2,1H3,(H,30,32)/b28-14+. The van der Waals surface area contributed by atoms with Crippen molar-refractivity contribution >= 4 is 57.0 Å². The van der Waals surface area contributed by atoms with Crippen LogP contribution in [0.15, 0.2) is 69.6 Å². The molecule has 4 aromatic rings. The number of carbonyl (C=O) groups is 1. The minimum absolute atomic E-state index is 0.0692. The molecule has 1 amide bonds. The second kappa shape index (κ2) is 10.4. The Labute approximate surface area is 216 Å². The first-order valence-corrected chi connectivity index (χ1v) is 13.5. The molecule has 0 aliphatic heterocycles. The Morgan fingerprint density at radius 3 is 2.91 bits per heavy atom. The highest BCUT2D eigenvalue weighted by molar-refractivity contribution is 7.99. The number of halogens is 1. The lowest BCUT2D eigenvalue weighted by molar-refractivity contribution is -0.118. The van der Waals surface area contributed by atoms with Crippen LogP contribution in [-0.4, -0.2) is 27.4 Å². The molecule has 9 heteroatoms. The first-order chi connectivity index (χ1) is 17.0. The summed E-state index contributed by atoms with van der Waals surface area (Å²) in [6.45, 7) is 2.25. The molecule has 2 aromatic carbocycles. The van der Waals surface area contributed by atoms with E-state index >= 15 is 0 Å². The summed E-state index contributed by atoms with van der Waals surface area (Å²) in [4.78, 5) is 33.1. The van der Waals surface area contributed by atoms with Gasteiger partial charge in [-0.3, -0.25) is 14.2 Å². The van der Waals surface area contributed by atoms with E-state index in [2.05, 4.69) is 17.5 Å². The zero-order chi connectivity index (χ0) is 24.4. The van der Waals surface area contributed by atoms with Gasteiger partial charge >= 0.3 is 0 Å². The number of thioether (sulfide) groups is 1. The van der Waals surface area contributed by atoms with E-state index in [1.165, 1.54) is 22.9 Å². The average Bonchev–Trinajstić information content (AvgIpc) is 3.21. The molecule has 0 saturated carbocycles. The maximum Gasteiger partial charge on any atom is 0.267 e. The van der Waals surface area contributed by atoms with Crippen LogP contribution in [0, 0.1) is 5.92 Å². The van der Waals surface area contributed by atoms with Gasteiger partial charge in [-0.05, 0) is 60.6 Å². The maximum absolute atomic E-state index is 13.7. The van der Waals surface area contributed by atoms with Gasteiger partial charge in [0.1, 0.15) is 4.83 Å². The van der Waals surface area contributed by atoms with Crippen molar-refractivity contribution in [1.29, 1.82) is 0 Å². The van der Waals surface area contributed by atoms with Crippen molar-refractivity contribution in [2.45, 2.75) is 31.3 Å². The number of hydrazone groups is 1. The van der Waals surface area contributed by atoms with Crippen LogP contribution in [0.1, 0.15) is 29.3 Å². The van der Waals surface area contributed by atoms with E-state index in [4.69, 9.17) is 16.6 Å². The first-order valence-electron chi connectivity index (χ1n) is 11.3. The molecule has 35 heavy (non-hydrogen) atoms. The number of nitrogens with one attached hydrogen (secondary N) is 1. The van der Waals surface area contributed by atoms with E-state index in [9.17, 15) is 9.59 Å². The van der Waals surface area contributed by atoms with Crippen molar-refractivity contribution in [2.75, 3.05) is 5.75 Å². The molecular formula is C26H23ClN4O2S2. The average molecular weight is 523 g/mol. The zero-order valence-corrected chi connectivity index (χ0v) is 21.4. The van der Waals surface area contributed by atoms with Crippen LogP contribution in [0.4, 0.5) is 0 Å². The van der Waals surface area contributed by atoms with Gasteiger partial charge in [-0.2, -0.15) is 5.10 Å². The normalized spacial score (nSPS) is 15.4. The van der Waals surface area contributed by atoms with E-state index in [1.54, 1.807) is 28.0 Å². The summed E-state index contributed by atoms with van der Waals surface area (Å²) in [7, 11) is 0. The molecule has 1 unspecified atom stereocenters. The number of para-hydroxylation sites is 1. The number of nitrogens with zero attached hydrogens (tertiary/aromatic N) is 3. The van der Waals surface area contributed by atoms with Crippen LogP contribution < -0.4 is 11.0 Å². The van der Waals surface area contributed by atoms with Crippen LogP contribution in [0.25, 0.3) is 15.9 Å². The van der Waals surface area contributed by atoms with Crippen LogP contribution >= 0.6 is 34.7 Å². The van der Waals surface area contributed by atoms with Crippen molar-refractivity contribution in [3.05, 3.63) is 86.0 Å². The van der Waals surface area contributed by atoms with E-state index in [0.717, 1.165) is 46.3 Å². The Morgan fingerprint density at radius 2 is 2.11 bits per heavy atom. The molecule has 0 fully saturated rings. The minimum Gasteiger partial charge on any atom is -0.272 e. The Hall–Kier alpha value is -2.94. The predicted molar refractivity (Wildman–Crippen MR) is 144 cm³/mol. The third kappa shape index (κ3) is 5.19. The molecule has 0 radical (unpaired) electrons. The van der Waals surface area contributed by atoms with E-state index in [1.807, 2.05) is 42.5 Å². The quantitative estimate of drug-likeness (QED) is 0.158. The highest BCUT2D eigenvalue weighted by Crippen LogP contribution is 2.37. The van der Waals surface area contributed by atoms with E-state index < -0.39 is 0 Å². The number of rotatable bonds is 6. The van der Waals surface area contributed by atoms with Gasteiger partial charge < -0.3 is 0 Å². The molecular weight excluding hydrogens is 500 g/mol. The number of hydrogen-bond acceptors (Lipinski definition) is 6. The lowest BCUT2D eigenvalue weighted by Gasteiger charge is -2.17. The SMILES string of the molecule is CC1CCc2c(sc3nc(SCC(=O)N/N=C/c4cccc(Cl)c4)n(-c4ccccc4)c(=O)c23)C1. The number of benzene rings is 2. The van der Waals surface area contributed by atoms with Gasteiger partial charge in [0.15, 0.2) is 5.16 Å². The van der Waals surface area contributed by atoms with E-state index in [-0.39, 0.29) is 17.2 Å². The summed E-state index contributed by atoms with van der Waals surface area (Å²) >= 11 is 8.81. The van der Waals surface area contributed by atoms with Crippen molar-refractivity contribution in [3.8, 4) is 5.69 Å². The molecule has 0 bridgehead atoms. The van der Waals surface area contributed by atoms with Crippen molar-refractivity contribution in [3.63, 3.8) is 0 Å². The number of carbonyl (C=O) groups excluding carboxylic acids is 1. The number of fused-ring (bicyclic) bond motifs is 3. The molecule has 178 valence electrons. The monoisotopic (exact) mass is 522 g/mol. The van der Waals surface area contributed by atoms with Gasteiger partial charge in [-0.15, -0.1) is 11.3 Å². The molecule has 0 spiro atoms. The second-order valence-electron chi connectivity index (χ2n) is 8.54. The number of aromatic nitrogens is 2. The summed E-state index contributed by atoms with van der Waals surface area (Å²) in [5, 5.41) is 5.83. The van der Waals surface area contributed by atoms with Gasteiger partial charge in [0.05, 0.1) is 23.0 Å². The number of amides is 1. The number of hydrogen-bond donors (Lipinski definition) is 1. The smallest absolute Gasteiger partial charge is 0.267 e. The lowest BCUT2D eigenvalue weighted by atomic mass is 9.89. The third-order valence-corrected chi connectivity index (χ3v) is 8.22.